The van der Waals surface area contributed by atoms with Gasteiger partial charge in [-0.05, 0) is 79.6 Å². The number of nitrogens with zero attached hydrogens (tertiary/aromatic N) is 1. The standard InChI is InChI=1S/C29H35N3O2/c1-3-10-28(30-25-15-9-11-22(2)19-25)31-29(33)32-18-8-7-14-24-20-26(16-17-27(24)32)34-21-23-12-5-4-6-13-23/h4-6,9,11-13,15-17,19-20,28,30H,3,7-8,10,14,18,21H2,1-2H3,(H,31,33). The second-order valence-electron chi connectivity index (χ2n) is 8.98. The van der Waals surface area contributed by atoms with E-state index in [0.29, 0.717) is 13.2 Å². The lowest BCUT2D eigenvalue weighted by molar-refractivity contribution is 0.243. The maximum atomic E-state index is 13.4. The van der Waals surface area contributed by atoms with Gasteiger partial charge in [-0.3, -0.25) is 4.90 Å². The van der Waals surface area contributed by atoms with E-state index in [1.807, 2.05) is 47.4 Å². The van der Waals surface area contributed by atoms with Gasteiger partial charge < -0.3 is 15.4 Å². The number of ether oxygens (including phenoxy) is 1. The monoisotopic (exact) mass is 457 g/mol. The number of amides is 2. The summed E-state index contributed by atoms with van der Waals surface area (Å²) in [6, 6.07) is 24.5. The fourth-order valence-corrected chi connectivity index (χ4v) is 4.40. The van der Waals surface area contributed by atoms with Crippen molar-refractivity contribution >= 4 is 17.4 Å². The smallest absolute Gasteiger partial charge is 0.323 e. The molecule has 1 unspecified atom stereocenters. The Bertz CT molecular complexity index is 1080. The average Bonchev–Trinajstić information content (AvgIpc) is 3.06. The van der Waals surface area contributed by atoms with E-state index in [0.717, 1.165) is 60.4 Å². The predicted molar refractivity (Wildman–Crippen MR) is 140 cm³/mol. The van der Waals surface area contributed by atoms with Gasteiger partial charge in [-0.25, -0.2) is 4.79 Å². The van der Waals surface area contributed by atoms with Crippen molar-refractivity contribution in [3.8, 4) is 5.75 Å². The highest BCUT2D eigenvalue weighted by Gasteiger charge is 2.23. The minimum absolute atomic E-state index is 0.0558. The Balaban J connectivity index is 1.46. The first kappa shape index (κ1) is 23.7. The molecule has 0 saturated heterocycles. The first-order valence-corrected chi connectivity index (χ1v) is 12.3. The van der Waals surface area contributed by atoms with Crippen LogP contribution in [-0.2, 0) is 13.0 Å². The molecule has 3 aromatic rings. The molecule has 2 amide bonds. The number of carbonyl (C=O) groups excluding carboxylic acids is 1. The van der Waals surface area contributed by atoms with Crippen molar-refractivity contribution in [3.63, 3.8) is 0 Å². The number of carbonyl (C=O) groups is 1. The minimum atomic E-state index is -0.125. The molecule has 5 heteroatoms. The molecule has 34 heavy (non-hydrogen) atoms. The van der Waals surface area contributed by atoms with Gasteiger partial charge in [-0.1, -0.05) is 55.8 Å². The van der Waals surface area contributed by atoms with Crippen molar-refractivity contribution < 1.29 is 9.53 Å². The van der Waals surface area contributed by atoms with Crippen LogP contribution in [0.4, 0.5) is 16.2 Å². The number of aryl methyl sites for hydroxylation is 2. The number of nitrogens with one attached hydrogen (secondary N) is 2. The lowest BCUT2D eigenvalue weighted by Gasteiger charge is -2.28. The van der Waals surface area contributed by atoms with Crippen molar-refractivity contribution in [2.24, 2.45) is 0 Å². The fraction of sp³-hybridized carbons (Fsp3) is 0.345. The summed E-state index contributed by atoms with van der Waals surface area (Å²) in [5.74, 6) is 0.842. The lowest BCUT2D eigenvalue weighted by Crippen LogP contribution is -2.48. The van der Waals surface area contributed by atoms with Gasteiger partial charge in [-0.2, -0.15) is 0 Å². The topological polar surface area (TPSA) is 53.6 Å². The summed E-state index contributed by atoms with van der Waals surface area (Å²) in [6.45, 7) is 5.46. The molecule has 1 aliphatic rings. The molecule has 4 rings (SSSR count). The van der Waals surface area contributed by atoms with Crippen LogP contribution in [0.25, 0.3) is 0 Å². The molecule has 0 radical (unpaired) electrons. The van der Waals surface area contributed by atoms with Gasteiger partial charge in [0.2, 0.25) is 0 Å². The first-order valence-electron chi connectivity index (χ1n) is 12.3. The second kappa shape index (κ2) is 11.6. The number of hydrogen-bond acceptors (Lipinski definition) is 3. The van der Waals surface area contributed by atoms with Gasteiger partial charge >= 0.3 is 6.03 Å². The van der Waals surface area contributed by atoms with E-state index in [1.54, 1.807) is 0 Å². The zero-order valence-corrected chi connectivity index (χ0v) is 20.2. The Morgan fingerprint density at radius 3 is 2.68 bits per heavy atom. The molecule has 178 valence electrons. The molecule has 0 saturated carbocycles. The van der Waals surface area contributed by atoms with E-state index in [2.05, 4.69) is 54.8 Å². The Morgan fingerprint density at radius 2 is 1.88 bits per heavy atom. The van der Waals surface area contributed by atoms with Crippen LogP contribution in [0.3, 0.4) is 0 Å². The highest BCUT2D eigenvalue weighted by atomic mass is 16.5. The van der Waals surface area contributed by atoms with E-state index >= 15 is 0 Å². The van der Waals surface area contributed by atoms with E-state index in [4.69, 9.17) is 4.74 Å². The Kier molecular flexibility index (Phi) is 8.08. The first-order chi connectivity index (χ1) is 16.6. The van der Waals surface area contributed by atoms with E-state index in [-0.39, 0.29) is 12.2 Å². The van der Waals surface area contributed by atoms with Crippen LogP contribution in [0.5, 0.6) is 5.75 Å². The van der Waals surface area contributed by atoms with Crippen LogP contribution in [0.1, 0.15) is 49.3 Å². The SMILES string of the molecule is CCCC(NC(=O)N1CCCCc2cc(OCc3ccccc3)ccc21)Nc1cccc(C)c1. The van der Waals surface area contributed by atoms with Gasteiger partial charge in [0.15, 0.2) is 0 Å². The number of hydrogen-bond donors (Lipinski definition) is 2. The maximum Gasteiger partial charge on any atom is 0.323 e. The summed E-state index contributed by atoms with van der Waals surface area (Å²) in [7, 11) is 0. The third-order valence-electron chi connectivity index (χ3n) is 6.15. The molecule has 0 bridgehead atoms. The van der Waals surface area contributed by atoms with Crippen LogP contribution >= 0.6 is 0 Å². The normalized spacial score (nSPS) is 14.0. The molecule has 5 nitrogen and oxygen atoms in total. The average molecular weight is 458 g/mol. The quantitative estimate of drug-likeness (QED) is 0.372. The molecular weight excluding hydrogens is 422 g/mol. The number of benzene rings is 3. The Labute approximate surface area is 203 Å². The van der Waals surface area contributed by atoms with Crippen LogP contribution in [-0.4, -0.2) is 18.7 Å². The molecule has 0 aliphatic carbocycles. The molecular formula is C29H35N3O2. The zero-order valence-electron chi connectivity index (χ0n) is 20.2. The number of anilines is 2. The van der Waals surface area contributed by atoms with Crippen LogP contribution in [0, 0.1) is 6.92 Å². The van der Waals surface area contributed by atoms with Crippen LogP contribution < -0.4 is 20.3 Å². The minimum Gasteiger partial charge on any atom is -0.489 e. The molecule has 2 N–H and O–H groups in total. The third-order valence-corrected chi connectivity index (χ3v) is 6.15. The van der Waals surface area contributed by atoms with E-state index in [9.17, 15) is 4.79 Å². The molecule has 1 atom stereocenters. The van der Waals surface area contributed by atoms with E-state index < -0.39 is 0 Å². The molecule has 0 aromatic heterocycles. The molecule has 1 heterocycles. The van der Waals surface area contributed by atoms with Crippen molar-refractivity contribution in [1.29, 1.82) is 0 Å². The van der Waals surface area contributed by atoms with Gasteiger partial charge in [0.05, 0.1) is 0 Å². The zero-order chi connectivity index (χ0) is 23.8. The number of rotatable bonds is 8. The lowest BCUT2D eigenvalue weighted by atomic mass is 10.1. The van der Waals surface area contributed by atoms with Gasteiger partial charge in [0, 0.05) is 17.9 Å². The number of urea groups is 1. The van der Waals surface area contributed by atoms with Gasteiger partial charge in [0.1, 0.15) is 18.5 Å². The second-order valence-corrected chi connectivity index (χ2v) is 8.98. The summed E-state index contributed by atoms with van der Waals surface area (Å²) in [6.07, 6.45) is 4.68. The molecule has 3 aromatic carbocycles. The van der Waals surface area contributed by atoms with Crippen molar-refractivity contribution in [2.75, 3.05) is 16.8 Å². The largest absolute Gasteiger partial charge is 0.489 e. The maximum absolute atomic E-state index is 13.4. The van der Waals surface area contributed by atoms with Crippen molar-refractivity contribution in [1.82, 2.24) is 5.32 Å². The predicted octanol–water partition coefficient (Wildman–Crippen LogP) is 6.66. The summed E-state index contributed by atoms with van der Waals surface area (Å²) >= 11 is 0. The fourth-order valence-electron chi connectivity index (χ4n) is 4.40. The Hall–Kier alpha value is -3.47. The highest BCUT2D eigenvalue weighted by molar-refractivity contribution is 5.93. The highest BCUT2D eigenvalue weighted by Crippen LogP contribution is 2.30. The van der Waals surface area contributed by atoms with Crippen molar-refractivity contribution in [2.45, 2.75) is 58.7 Å². The number of fused-ring (bicyclic) bond motifs is 1. The summed E-state index contributed by atoms with van der Waals surface area (Å²) in [5, 5.41) is 6.72. The van der Waals surface area contributed by atoms with Gasteiger partial charge in [0.25, 0.3) is 0 Å². The molecule has 0 spiro atoms. The van der Waals surface area contributed by atoms with Crippen molar-refractivity contribution in [3.05, 3.63) is 89.5 Å². The third kappa shape index (κ3) is 6.31. The van der Waals surface area contributed by atoms with Crippen LogP contribution in [0.2, 0.25) is 0 Å². The summed E-state index contributed by atoms with van der Waals surface area (Å²) in [4.78, 5) is 15.3. The summed E-state index contributed by atoms with van der Waals surface area (Å²) in [5.41, 5.74) is 5.50. The summed E-state index contributed by atoms with van der Waals surface area (Å²) < 4.78 is 6.04. The Morgan fingerprint density at radius 1 is 1.03 bits per heavy atom. The van der Waals surface area contributed by atoms with Crippen LogP contribution in [0.15, 0.2) is 72.8 Å². The van der Waals surface area contributed by atoms with E-state index in [1.165, 1.54) is 5.56 Å². The van der Waals surface area contributed by atoms with Gasteiger partial charge in [-0.15, -0.1) is 0 Å². The molecule has 0 fully saturated rings. The molecule has 1 aliphatic heterocycles.